The van der Waals surface area contributed by atoms with Crippen LogP contribution in [0.5, 0.6) is 0 Å². The number of aromatic nitrogens is 4. The van der Waals surface area contributed by atoms with Crippen molar-refractivity contribution in [3.8, 4) is 0 Å². The first kappa shape index (κ1) is 16.4. The Morgan fingerprint density at radius 2 is 2.09 bits per heavy atom. The van der Waals surface area contributed by atoms with Crippen LogP contribution in [0.2, 0.25) is 0 Å². The van der Waals surface area contributed by atoms with Gasteiger partial charge < -0.3 is 14.4 Å². The number of ether oxygens (including phenoxy) is 1. The van der Waals surface area contributed by atoms with Crippen molar-refractivity contribution in [3.63, 3.8) is 0 Å². The summed E-state index contributed by atoms with van der Waals surface area (Å²) in [7, 11) is 3.13. The second kappa shape index (κ2) is 6.89. The fraction of sp³-hybridized carbons (Fsp3) is 0.643. The molecular weight excluding hydrogens is 288 g/mol. The molecule has 22 heavy (non-hydrogen) atoms. The molecule has 2 aromatic rings. The molecule has 0 saturated carbocycles. The zero-order chi connectivity index (χ0) is 16.3. The number of aliphatic hydroxyl groups is 1. The van der Waals surface area contributed by atoms with Crippen LogP contribution in [0.3, 0.4) is 0 Å². The maximum atomic E-state index is 12.6. The van der Waals surface area contributed by atoms with Crippen molar-refractivity contribution >= 4 is 11.2 Å². The van der Waals surface area contributed by atoms with E-state index in [2.05, 4.69) is 4.98 Å². The van der Waals surface area contributed by atoms with Crippen LogP contribution in [0, 0.1) is 0 Å². The number of methoxy groups -OCH3 is 1. The van der Waals surface area contributed by atoms with Crippen molar-refractivity contribution in [1.29, 1.82) is 0 Å². The Morgan fingerprint density at radius 3 is 2.73 bits per heavy atom. The standard InChI is InChI=1S/C14H22N4O4/c1-10(19)6-4-5-7-18-13(20)11-12(16(2)14(18)21)15-8-17(11)9-22-3/h8,10,19H,4-7,9H2,1-3H3. The number of fused-ring (bicyclic) bond motifs is 1. The molecule has 8 nitrogen and oxygen atoms in total. The van der Waals surface area contributed by atoms with Gasteiger partial charge in [0.05, 0.1) is 12.4 Å². The predicted octanol–water partition coefficient (Wildman–Crippen LogP) is 0.0517. The molecule has 1 unspecified atom stereocenters. The number of unbranched alkanes of at least 4 members (excludes halogenated alkanes) is 1. The van der Waals surface area contributed by atoms with Gasteiger partial charge in [-0.15, -0.1) is 0 Å². The third-order valence-electron chi connectivity index (χ3n) is 3.62. The van der Waals surface area contributed by atoms with E-state index < -0.39 is 0 Å². The predicted molar refractivity (Wildman–Crippen MR) is 81.8 cm³/mol. The minimum Gasteiger partial charge on any atom is -0.393 e. The number of rotatable bonds is 7. The molecule has 0 aliphatic carbocycles. The molecule has 0 spiro atoms. The Morgan fingerprint density at radius 1 is 1.36 bits per heavy atom. The van der Waals surface area contributed by atoms with Crippen molar-refractivity contribution in [2.45, 2.75) is 45.6 Å². The van der Waals surface area contributed by atoms with E-state index in [4.69, 9.17) is 4.74 Å². The van der Waals surface area contributed by atoms with E-state index in [9.17, 15) is 14.7 Å². The molecule has 1 atom stereocenters. The average Bonchev–Trinajstić information content (AvgIpc) is 2.88. The Bertz CT molecular complexity index is 757. The van der Waals surface area contributed by atoms with Crippen LogP contribution in [0.4, 0.5) is 0 Å². The monoisotopic (exact) mass is 310 g/mol. The van der Waals surface area contributed by atoms with Crippen LogP contribution >= 0.6 is 0 Å². The summed E-state index contributed by atoms with van der Waals surface area (Å²) in [5.74, 6) is 0. The minimum atomic E-state index is -0.378. The lowest BCUT2D eigenvalue weighted by Crippen LogP contribution is -2.39. The maximum absolute atomic E-state index is 12.6. The maximum Gasteiger partial charge on any atom is 0.332 e. The summed E-state index contributed by atoms with van der Waals surface area (Å²) in [4.78, 5) is 29.0. The van der Waals surface area contributed by atoms with Gasteiger partial charge in [0.15, 0.2) is 11.2 Å². The van der Waals surface area contributed by atoms with Crippen molar-refractivity contribution in [3.05, 3.63) is 27.2 Å². The summed E-state index contributed by atoms with van der Waals surface area (Å²) < 4.78 is 9.22. The van der Waals surface area contributed by atoms with Gasteiger partial charge in [0.2, 0.25) is 0 Å². The van der Waals surface area contributed by atoms with Gasteiger partial charge in [0, 0.05) is 20.7 Å². The number of hydrogen-bond acceptors (Lipinski definition) is 5. The lowest BCUT2D eigenvalue weighted by molar-refractivity contribution is 0.134. The Labute approximate surface area is 127 Å². The summed E-state index contributed by atoms with van der Waals surface area (Å²) in [6.45, 7) is 2.25. The molecule has 0 radical (unpaired) electrons. The number of imidazole rings is 1. The van der Waals surface area contributed by atoms with Crippen molar-refractivity contribution in [2.24, 2.45) is 7.05 Å². The van der Waals surface area contributed by atoms with Gasteiger partial charge in [-0.05, 0) is 26.2 Å². The molecule has 0 saturated heterocycles. The van der Waals surface area contributed by atoms with E-state index in [0.29, 0.717) is 30.6 Å². The normalized spacial score (nSPS) is 12.9. The van der Waals surface area contributed by atoms with Crippen LogP contribution in [0.25, 0.3) is 11.2 Å². The Hall–Kier alpha value is -1.93. The van der Waals surface area contributed by atoms with Crippen LogP contribution < -0.4 is 11.2 Å². The smallest absolute Gasteiger partial charge is 0.332 e. The number of aryl methyl sites for hydroxylation is 1. The zero-order valence-electron chi connectivity index (χ0n) is 13.2. The lowest BCUT2D eigenvalue weighted by atomic mass is 10.2. The number of hydrogen-bond donors (Lipinski definition) is 1. The molecule has 1 N–H and O–H groups in total. The van der Waals surface area contributed by atoms with Gasteiger partial charge in [-0.3, -0.25) is 13.9 Å². The first-order valence-electron chi connectivity index (χ1n) is 7.29. The molecule has 2 rings (SSSR count). The molecule has 0 amide bonds. The van der Waals surface area contributed by atoms with Crippen LogP contribution in [-0.4, -0.2) is 37.0 Å². The quantitative estimate of drug-likeness (QED) is 0.730. The second-order valence-corrected chi connectivity index (χ2v) is 5.45. The van der Waals surface area contributed by atoms with Gasteiger partial charge in [-0.2, -0.15) is 0 Å². The highest BCUT2D eigenvalue weighted by Crippen LogP contribution is 2.06. The summed E-state index contributed by atoms with van der Waals surface area (Å²) in [5.41, 5.74) is -0.0198. The highest BCUT2D eigenvalue weighted by Gasteiger charge is 2.15. The molecule has 122 valence electrons. The molecule has 0 aliphatic heterocycles. The fourth-order valence-electron chi connectivity index (χ4n) is 2.47. The fourth-order valence-corrected chi connectivity index (χ4v) is 2.47. The molecule has 2 heterocycles. The van der Waals surface area contributed by atoms with E-state index in [-0.39, 0.29) is 24.1 Å². The average molecular weight is 310 g/mol. The summed E-state index contributed by atoms with van der Waals surface area (Å²) in [6.07, 6.45) is 3.18. The molecule has 0 aromatic carbocycles. The first-order chi connectivity index (χ1) is 10.5. The van der Waals surface area contributed by atoms with E-state index in [0.717, 1.165) is 6.42 Å². The van der Waals surface area contributed by atoms with E-state index in [1.54, 1.807) is 18.5 Å². The Balaban J connectivity index is 2.39. The molecule has 2 aromatic heterocycles. The molecule has 0 bridgehead atoms. The van der Waals surface area contributed by atoms with E-state index in [1.165, 1.54) is 22.6 Å². The van der Waals surface area contributed by atoms with E-state index >= 15 is 0 Å². The highest BCUT2D eigenvalue weighted by atomic mass is 16.5. The summed E-state index contributed by atoms with van der Waals surface area (Å²) >= 11 is 0. The minimum absolute atomic E-state index is 0.200. The summed E-state index contributed by atoms with van der Waals surface area (Å²) in [6, 6.07) is 0. The van der Waals surface area contributed by atoms with Crippen LogP contribution in [0.15, 0.2) is 15.9 Å². The highest BCUT2D eigenvalue weighted by molar-refractivity contribution is 5.69. The molecule has 0 fully saturated rings. The Kier molecular flexibility index (Phi) is 5.15. The molecule has 0 aliphatic rings. The summed E-state index contributed by atoms with van der Waals surface area (Å²) in [5, 5.41) is 9.25. The number of aliphatic hydroxyl groups excluding tert-OH is 1. The van der Waals surface area contributed by atoms with Gasteiger partial charge in [0.25, 0.3) is 5.56 Å². The second-order valence-electron chi connectivity index (χ2n) is 5.45. The topological polar surface area (TPSA) is 91.3 Å². The van der Waals surface area contributed by atoms with Gasteiger partial charge >= 0.3 is 5.69 Å². The third kappa shape index (κ3) is 3.12. The SMILES string of the molecule is COCn1cnc2c1c(=O)n(CCCCC(C)O)c(=O)n2C. The van der Waals surface area contributed by atoms with Crippen LogP contribution in [0.1, 0.15) is 26.2 Å². The van der Waals surface area contributed by atoms with Crippen molar-refractivity contribution < 1.29 is 9.84 Å². The molecule has 8 heteroatoms. The number of nitrogens with zero attached hydrogens (tertiary/aromatic N) is 4. The lowest BCUT2D eigenvalue weighted by Gasteiger charge is -2.10. The van der Waals surface area contributed by atoms with Gasteiger partial charge in [-0.25, -0.2) is 9.78 Å². The van der Waals surface area contributed by atoms with Gasteiger partial charge in [0.1, 0.15) is 6.73 Å². The van der Waals surface area contributed by atoms with Gasteiger partial charge in [-0.1, -0.05) is 0 Å². The van der Waals surface area contributed by atoms with Crippen LogP contribution in [-0.2, 0) is 25.1 Å². The van der Waals surface area contributed by atoms with Crippen molar-refractivity contribution in [1.82, 2.24) is 18.7 Å². The van der Waals surface area contributed by atoms with Crippen molar-refractivity contribution in [2.75, 3.05) is 7.11 Å². The largest absolute Gasteiger partial charge is 0.393 e. The first-order valence-corrected chi connectivity index (χ1v) is 7.29. The van der Waals surface area contributed by atoms with E-state index in [1.807, 2.05) is 0 Å². The molecular formula is C14H22N4O4. The zero-order valence-corrected chi connectivity index (χ0v) is 13.2. The third-order valence-corrected chi connectivity index (χ3v) is 3.62.